The standard InChI is InChI=1S/C15H34N2O/c1-5-11-16-15(4,14-18)10-8-9-13-17(7-3)12-6-2/h16,18H,5-14H2,1-4H3. The van der Waals surface area contributed by atoms with E-state index in [0.29, 0.717) is 0 Å². The van der Waals surface area contributed by atoms with Crippen molar-refractivity contribution in [2.24, 2.45) is 0 Å². The summed E-state index contributed by atoms with van der Waals surface area (Å²) in [6.45, 7) is 13.5. The lowest BCUT2D eigenvalue weighted by Gasteiger charge is -2.29. The highest BCUT2D eigenvalue weighted by atomic mass is 16.3. The Balaban J connectivity index is 3.78. The van der Waals surface area contributed by atoms with Gasteiger partial charge in [0.2, 0.25) is 0 Å². The Morgan fingerprint density at radius 2 is 1.78 bits per heavy atom. The van der Waals surface area contributed by atoms with E-state index in [1.165, 1.54) is 32.4 Å². The molecule has 0 aliphatic heterocycles. The minimum Gasteiger partial charge on any atom is -0.394 e. The van der Waals surface area contributed by atoms with Gasteiger partial charge in [-0.25, -0.2) is 0 Å². The number of nitrogens with zero attached hydrogens (tertiary/aromatic N) is 1. The van der Waals surface area contributed by atoms with E-state index in [4.69, 9.17) is 0 Å². The summed E-state index contributed by atoms with van der Waals surface area (Å²) in [6, 6.07) is 0. The molecule has 0 bridgehead atoms. The van der Waals surface area contributed by atoms with Gasteiger partial charge in [0.05, 0.1) is 6.61 Å². The van der Waals surface area contributed by atoms with Gasteiger partial charge in [-0.2, -0.15) is 0 Å². The topological polar surface area (TPSA) is 35.5 Å². The fourth-order valence-electron chi connectivity index (χ4n) is 2.24. The Kier molecular flexibility index (Phi) is 10.7. The number of unbranched alkanes of at least 4 members (excludes halogenated alkanes) is 1. The number of rotatable bonds is 12. The molecule has 0 spiro atoms. The first-order valence-corrected chi connectivity index (χ1v) is 7.70. The van der Waals surface area contributed by atoms with E-state index >= 15 is 0 Å². The second-order valence-electron chi connectivity index (χ2n) is 5.54. The minimum absolute atomic E-state index is 0.0855. The molecule has 2 N–H and O–H groups in total. The van der Waals surface area contributed by atoms with Crippen LogP contribution in [0.5, 0.6) is 0 Å². The van der Waals surface area contributed by atoms with Gasteiger partial charge in [-0.15, -0.1) is 0 Å². The zero-order chi connectivity index (χ0) is 13.9. The van der Waals surface area contributed by atoms with Crippen molar-refractivity contribution in [2.45, 2.75) is 65.3 Å². The Morgan fingerprint density at radius 1 is 1.06 bits per heavy atom. The number of hydrogen-bond acceptors (Lipinski definition) is 3. The Hall–Kier alpha value is -0.120. The Morgan fingerprint density at radius 3 is 2.28 bits per heavy atom. The van der Waals surface area contributed by atoms with Crippen molar-refractivity contribution >= 4 is 0 Å². The van der Waals surface area contributed by atoms with Crippen molar-refractivity contribution < 1.29 is 5.11 Å². The monoisotopic (exact) mass is 258 g/mol. The molecule has 110 valence electrons. The molecular weight excluding hydrogens is 224 g/mol. The summed E-state index contributed by atoms with van der Waals surface area (Å²) in [4.78, 5) is 2.51. The molecule has 1 atom stereocenters. The molecule has 0 saturated carbocycles. The normalized spacial score (nSPS) is 15.0. The van der Waals surface area contributed by atoms with Crippen LogP contribution in [0.25, 0.3) is 0 Å². The maximum atomic E-state index is 9.48. The van der Waals surface area contributed by atoms with Crippen LogP contribution < -0.4 is 5.32 Å². The predicted molar refractivity (Wildman–Crippen MR) is 80.0 cm³/mol. The SMILES string of the molecule is CCCNC(C)(CO)CCCCN(CC)CCC. The van der Waals surface area contributed by atoms with Crippen LogP contribution in [0.1, 0.15) is 59.8 Å². The van der Waals surface area contributed by atoms with Crippen LogP contribution in [0.4, 0.5) is 0 Å². The lowest BCUT2D eigenvalue weighted by Crippen LogP contribution is -2.46. The van der Waals surface area contributed by atoms with E-state index in [1.54, 1.807) is 0 Å². The van der Waals surface area contributed by atoms with Crippen LogP contribution in [0.3, 0.4) is 0 Å². The maximum absolute atomic E-state index is 9.48. The number of nitrogens with one attached hydrogen (secondary N) is 1. The van der Waals surface area contributed by atoms with E-state index in [2.05, 4.69) is 37.9 Å². The summed E-state index contributed by atoms with van der Waals surface area (Å²) in [7, 11) is 0. The van der Waals surface area contributed by atoms with E-state index < -0.39 is 0 Å². The quantitative estimate of drug-likeness (QED) is 0.528. The van der Waals surface area contributed by atoms with Gasteiger partial charge in [0, 0.05) is 5.54 Å². The highest BCUT2D eigenvalue weighted by molar-refractivity contribution is 4.81. The highest BCUT2D eigenvalue weighted by Crippen LogP contribution is 2.13. The van der Waals surface area contributed by atoms with Crippen LogP contribution in [0.15, 0.2) is 0 Å². The van der Waals surface area contributed by atoms with Gasteiger partial charge in [-0.3, -0.25) is 0 Å². The first-order chi connectivity index (χ1) is 8.61. The maximum Gasteiger partial charge on any atom is 0.0610 e. The van der Waals surface area contributed by atoms with Crippen molar-refractivity contribution in [3.63, 3.8) is 0 Å². The van der Waals surface area contributed by atoms with Crippen molar-refractivity contribution in [3.8, 4) is 0 Å². The van der Waals surface area contributed by atoms with E-state index in [-0.39, 0.29) is 12.1 Å². The summed E-state index contributed by atoms with van der Waals surface area (Å²) >= 11 is 0. The molecule has 3 nitrogen and oxygen atoms in total. The molecule has 0 aliphatic rings. The zero-order valence-electron chi connectivity index (χ0n) is 13.0. The van der Waals surface area contributed by atoms with Gasteiger partial charge in [0.25, 0.3) is 0 Å². The fourth-order valence-corrected chi connectivity index (χ4v) is 2.24. The summed E-state index contributed by atoms with van der Waals surface area (Å²) in [5, 5.41) is 12.9. The largest absolute Gasteiger partial charge is 0.394 e. The minimum atomic E-state index is -0.0855. The van der Waals surface area contributed by atoms with Crippen molar-refractivity contribution in [2.75, 3.05) is 32.8 Å². The third-order valence-corrected chi connectivity index (χ3v) is 3.59. The summed E-state index contributed by atoms with van der Waals surface area (Å²) in [6.07, 6.45) is 5.84. The average molecular weight is 258 g/mol. The lowest BCUT2D eigenvalue weighted by atomic mass is 9.95. The molecule has 0 aromatic rings. The van der Waals surface area contributed by atoms with Gasteiger partial charge in [-0.05, 0) is 58.8 Å². The highest BCUT2D eigenvalue weighted by Gasteiger charge is 2.21. The van der Waals surface area contributed by atoms with Crippen LogP contribution in [-0.4, -0.2) is 48.3 Å². The van der Waals surface area contributed by atoms with Crippen LogP contribution in [-0.2, 0) is 0 Å². The third-order valence-electron chi connectivity index (χ3n) is 3.59. The molecule has 0 aliphatic carbocycles. The number of aliphatic hydroxyl groups excluding tert-OH is 1. The van der Waals surface area contributed by atoms with Gasteiger partial charge < -0.3 is 15.3 Å². The molecule has 1 unspecified atom stereocenters. The Bertz CT molecular complexity index is 187. The third kappa shape index (κ3) is 8.06. The number of aliphatic hydroxyl groups is 1. The summed E-state index contributed by atoms with van der Waals surface area (Å²) in [5.41, 5.74) is -0.0855. The van der Waals surface area contributed by atoms with E-state index in [0.717, 1.165) is 25.9 Å². The van der Waals surface area contributed by atoms with E-state index in [9.17, 15) is 5.11 Å². The van der Waals surface area contributed by atoms with Gasteiger partial charge in [-0.1, -0.05) is 27.2 Å². The second kappa shape index (κ2) is 10.8. The molecule has 0 saturated heterocycles. The Labute approximate surface area is 114 Å². The first-order valence-electron chi connectivity index (χ1n) is 7.70. The molecule has 0 aromatic heterocycles. The van der Waals surface area contributed by atoms with Gasteiger partial charge >= 0.3 is 0 Å². The van der Waals surface area contributed by atoms with Crippen molar-refractivity contribution in [1.82, 2.24) is 10.2 Å². The van der Waals surface area contributed by atoms with Gasteiger partial charge in [0.1, 0.15) is 0 Å². The van der Waals surface area contributed by atoms with Crippen LogP contribution in [0, 0.1) is 0 Å². The first kappa shape index (κ1) is 17.9. The fraction of sp³-hybridized carbons (Fsp3) is 1.00. The molecule has 3 heteroatoms. The average Bonchev–Trinajstić information content (AvgIpc) is 2.40. The molecule has 0 fully saturated rings. The summed E-state index contributed by atoms with van der Waals surface area (Å²) in [5.74, 6) is 0. The van der Waals surface area contributed by atoms with Crippen molar-refractivity contribution in [3.05, 3.63) is 0 Å². The second-order valence-corrected chi connectivity index (χ2v) is 5.54. The predicted octanol–water partition coefficient (Wildman–Crippen LogP) is 2.64. The van der Waals surface area contributed by atoms with Crippen LogP contribution >= 0.6 is 0 Å². The van der Waals surface area contributed by atoms with Gasteiger partial charge in [0.15, 0.2) is 0 Å². The molecule has 0 radical (unpaired) electrons. The smallest absolute Gasteiger partial charge is 0.0610 e. The molecular formula is C15H34N2O. The molecule has 0 rings (SSSR count). The molecule has 0 amide bonds. The zero-order valence-corrected chi connectivity index (χ0v) is 13.0. The molecule has 18 heavy (non-hydrogen) atoms. The molecule has 0 aromatic carbocycles. The lowest BCUT2D eigenvalue weighted by molar-refractivity contribution is 0.161. The van der Waals surface area contributed by atoms with Crippen molar-refractivity contribution in [1.29, 1.82) is 0 Å². The molecule has 0 heterocycles. The number of hydrogen-bond donors (Lipinski definition) is 2. The van der Waals surface area contributed by atoms with Crippen LogP contribution in [0.2, 0.25) is 0 Å². The summed E-state index contributed by atoms with van der Waals surface area (Å²) < 4.78 is 0. The van der Waals surface area contributed by atoms with E-state index in [1.807, 2.05) is 0 Å².